The Bertz CT molecular complexity index is 1460. The van der Waals surface area contributed by atoms with Crippen molar-refractivity contribution in [3.8, 4) is 0 Å². The monoisotopic (exact) mass is 563 g/mol. The van der Waals surface area contributed by atoms with Crippen LogP contribution in [0.5, 0.6) is 0 Å². The molecule has 1 aliphatic carbocycles. The second-order valence-corrected chi connectivity index (χ2v) is 13.1. The summed E-state index contributed by atoms with van der Waals surface area (Å²) in [6, 6.07) is 34.8. The first-order valence-corrected chi connectivity index (χ1v) is 15.9. The SMILES string of the molecule is CN(CC1(CCN2CCC(NC(=O)Cc3ccccc3)CC2)CCc2ccccc21)Sc1cccc2ccccc12. The van der Waals surface area contributed by atoms with Crippen LogP contribution in [0, 0.1) is 0 Å². The number of fused-ring (bicyclic) bond motifs is 2. The molecule has 6 rings (SSSR count). The minimum atomic E-state index is 0.142. The first-order valence-electron chi connectivity index (χ1n) is 15.1. The highest BCUT2D eigenvalue weighted by Crippen LogP contribution is 2.44. The summed E-state index contributed by atoms with van der Waals surface area (Å²) < 4.78 is 2.47. The van der Waals surface area contributed by atoms with Gasteiger partial charge in [0, 0.05) is 36.0 Å². The number of nitrogens with one attached hydrogen (secondary N) is 1. The topological polar surface area (TPSA) is 35.6 Å². The van der Waals surface area contributed by atoms with Crippen LogP contribution in [-0.4, -0.2) is 54.4 Å². The normalized spacial score (nSPS) is 19.5. The third kappa shape index (κ3) is 6.69. The predicted molar refractivity (Wildman–Crippen MR) is 171 cm³/mol. The molecule has 5 heteroatoms. The lowest BCUT2D eigenvalue weighted by atomic mass is 9.78. The molecule has 1 fully saturated rings. The van der Waals surface area contributed by atoms with E-state index in [-0.39, 0.29) is 17.4 Å². The number of likely N-dealkylation sites (N-methyl/N-ethyl adjacent to an activating group) is 1. The van der Waals surface area contributed by atoms with Crippen molar-refractivity contribution in [1.29, 1.82) is 0 Å². The van der Waals surface area contributed by atoms with E-state index < -0.39 is 0 Å². The number of likely N-dealkylation sites (tertiary alicyclic amines) is 1. The zero-order valence-electron chi connectivity index (χ0n) is 24.1. The van der Waals surface area contributed by atoms with Crippen molar-refractivity contribution in [2.45, 2.75) is 54.9 Å². The largest absolute Gasteiger partial charge is 0.353 e. The Morgan fingerprint density at radius 2 is 1.66 bits per heavy atom. The Balaban J connectivity index is 1.07. The van der Waals surface area contributed by atoms with Crippen LogP contribution in [0.25, 0.3) is 10.8 Å². The molecule has 0 radical (unpaired) electrons. The van der Waals surface area contributed by atoms with Gasteiger partial charge in [0.1, 0.15) is 0 Å². The fourth-order valence-electron chi connectivity index (χ4n) is 6.90. The highest BCUT2D eigenvalue weighted by atomic mass is 32.2. The maximum Gasteiger partial charge on any atom is 0.224 e. The van der Waals surface area contributed by atoms with Gasteiger partial charge in [-0.2, -0.15) is 0 Å². The second-order valence-electron chi connectivity index (χ2n) is 11.9. The van der Waals surface area contributed by atoms with Gasteiger partial charge < -0.3 is 10.2 Å². The van der Waals surface area contributed by atoms with Crippen LogP contribution in [0.4, 0.5) is 0 Å². The number of carbonyl (C=O) groups excluding carboxylic acids is 1. The molecule has 0 spiro atoms. The minimum absolute atomic E-state index is 0.142. The van der Waals surface area contributed by atoms with E-state index in [9.17, 15) is 4.79 Å². The number of benzene rings is 4. The van der Waals surface area contributed by atoms with E-state index in [4.69, 9.17) is 0 Å². The van der Waals surface area contributed by atoms with Crippen LogP contribution >= 0.6 is 11.9 Å². The van der Waals surface area contributed by atoms with Gasteiger partial charge in [0.15, 0.2) is 0 Å². The number of hydrogen-bond donors (Lipinski definition) is 1. The van der Waals surface area contributed by atoms with E-state index in [0.29, 0.717) is 6.42 Å². The molecule has 1 aliphatic heterocycles. The maximum atomic E-state index is 12.6. The molecule has 1 atom stereocenters. The van der Waals surface area contributed by atoms with E-state index in [1.807, 2.05) is 42.3 Å². The molecule has 2 aliphatic rings. The van der Waals surface area contributed by atoms with Crippen molar-refractivity contribution in [2.24, 2.45) is 0 Å². The lowest BCUT2D eigenvalue weighted by Crippen LogP contribution is -2.46. The third-order valence-electron chi connectivity index (χ3n) is 9.06. The van der Waals surface area contributed by atoms with Gasteiger partial charge in [-0.3, -0.25) is 4.79 Å². The molecule has 0 aromatic heterocycles. The Labute approximate surface area is 249 Å². The Morgan fingerprint density at radius 3 is 2.51 bits per heavy atom. The number of piperidine rings is 1. The van der Waals surface area contributed by atoms with Crippen molar-refractivity contribution in [3.05, 3.63) is 114 Å². The summed E-state index contributed by atoms with van der Waals surface area (Å²) in [7, 11) is 2.26. The molecule has 0 bridgehead atoms. The van der Waals surface area contributed by atoms with Crippen LogP contribution < -0.4 is 5.32 Å². The zero-order chi connectivity index (χ0) is 28.1. The van der Waals surface area contributed by atoms with Crippen molar-refractivity contribution < 1.29 is 4.79 Å². The van der Waals surface area contributed by atoms with Crippen LogP contribution in [0.1, 0.15) is 42.4 Å². The summed E-state index contributed by atoms with van der Waals surface area (Å²) in [4.78, 5) is 16.5. The number of amides is 1. The van der Waals surface area contributed by atoms with Gasteiger partial charge in [0.25, 0.3) is 0 Å². The molecule has 4 aromatic rings. The first-order chi connectivity index (χ1) is 20.1. The summed E-state index contributed by atoms with van der Waals surface area (Å²) in [5, 5.41) is 5.92. The molecule has 4 aromatic carbocycles. The smallest absolute Gasteiger partial charge is 0.224 e. The van der Waals surface area contributed by atoms with Crippen LogP contribution in [-0.2, 0) is 23.1 Å². The summed E-state index contributed by atoms with van der Waals surface area (Å²) in [6.45, 7) is 4.24. The van der Waals surface area contributed by atoms with Crippen molar-refractivity contribution >= 4 is 28.6 Å². The fourth-order valence-corrected chi connectivity index (χ4v) is 7.97. The molecule has 1 amide bonds. The molecule has 1 heterocycles. The van der Waals surface area contributed by atoms with Crippen LogP contribution in [0.2, 0.25) is 0 Å². The van der Waals surface area contributed by atoms with E-state index in [1.54, 1.807) is 5.56 Å². The number of carbonyl (C=O) groups is 1. The molecule has 1 unspecified atom stereocenters. The standard InChI is InChI=1S/C36H41N3OS/c1-38(41-34-17-9-14-29-12-5-7-15-32(29)34)27-36(21-18-30-13-6-8-16-33(30)36)22-25-39-23-19-31(20-24-39)37-35(40)26-28-10-3-2-4-11-28/h2-17,31H,18-27H2,1H3,(H,37,40). The second kappa shape index (κ2) is 12.8. The Kier molecular flexibility index (Phi) is 8.75. The minimum Gasteiger partial charge on any atom is -0.353 e. The van der Waals surface area contributed by atoms with Crippen molar-refractivity contribution in [3.63, 3.8) is 0 Å². The molecule has 0 saturated carbocycles. The number of rotatable bonds is 10. The van der Waals surface area contributed by atoms with E-state index >= 15 is 0 Å². The van der Waals surface area contributed by atoms with Gasteiger partial charge in [-0.15, -0.1) is 0 Å². The quantitative estimate of drug-likeness (QED) is 0.214. The van der Waals surface area contributed by atoms with E-state index in [1.165, 1.54) is 34.1 Å². The van der Waals surface area contributed by atoms with Gasteiger partial charge in [-0.1, -0.05) is 91.0 Å². The highest BCUT2D eigenvalue weighted by molar-refractivity contribution is 7.97. The van der Waals surface area contributed by atoms with Gasteiger partial charge in [0.2, 0.25) is 5.91 Å². The average molecular weight is 564 g/mol. The van der Waals surface area contributed by atoms with Crippen molar-refractivity contribution in [1.82, 2.24) is 14.5 Å². The third-order valence-corrected chi connectivity index (χ3v) is 10.1. The molecular weight excluding hydrogens is 522 g/mol. The fraction of sp³-hybridized carbons (Fsp3) is 0.361. The number of nitrogens with zero attached hydrogens (tertiary/aromatic N) is 2. The average Bonchev–Trinajstić information content (AvgIpc) is 3.35. The molecule has 1 saturated heterocycles. The Hall–Kier alpha value is -3.12. The summed E-state index contributed by atoms with van der Waals surface area (Å²) in [5.41, 5.74) is 4.31. The highest BCUT2D eigenvalue weighted by Gasteiger charge is 2.40. The Morgan fingerprint density at radius 1 is 0.927 bits per heavy atom. The summed E-state index contributed by atoms with van der Waals surface area (Å²) in [6.07, 6.45) is 6.06. The van der Waals surface area contributed by atoms with Gasteiger partial charge in [-0.05, 0) is 91.2 Å². The zero-order valence-corrected chi connectivity index (χ0v) is 24.9. The number of aryl methyl sites for hydroxylation is 1. The van der Waals surface area contributed by atoms with E-state index in [0.717, 1.165) is 51.0 Å². The van der Waals surface area contributed by atoms with Gasteiger partial charge in [0.05, 0.1) is 6.42 Å². The number of hydrogen-bond acceptors (Lipinski definition) is 4. The molecule has 4 nitrogen and oxygen atoms in total. The summed E-state index contributed by atoms with van der Waals surface area (Å²) in [5.74, 6) is 0.142. The molecular formula is C36H41N3OS. The van der Waals surface area contributed by atoms with E-state index in [2.05, 4.69) is 88.3 Å². The lowest BCUT2D eigenvalue weighted by Gasteiger charge is -2.38. The predicted octanol–water partition coefficient (Wildman–Crippen LogP) is 6.88. The molecule has 41 heavy (non-hydrogen) atoms. The van der Waals surface area contributed by atoms with Crippen LogP contribution in [0.15, 0.2) is 102 Å². The molecule has 1 N–H and O–H groups in total. The van der Waals surface area contributed by atoms with Crippen LogP contribution in [0.3, 0.4) is 0 Å². The van der Waals surface area contributed by atoms with Crippen molar-refractivity contribution in [2.75, 3.05) is 33.2 Å². The summed E-state index contributed by atoms with van der Waals surface area (Å²) >= 11 is 1.88. The maximum absolute atomic E-state index is 12.6. The lowest BCUT2D eigenvalue weighted by molar-refractivity contribution is -0.121. The molecule has 212 valence electrons. The first kappa shape index (κ1) is 28.0. The van der Waals surface area contributed by atoms with Gasteiger partial charge in [-0.25, -0.2) is 4.31 Å². The van der Waals surface area contributed by atoms with Gasteiger partial charge >= 0.3 is 0 Å².